The van der Waals surface area contributed by atoms with Crippen LogP contribution in [0.1, 0.15) is 32.6 Å². The third-order valence-corrected chi connectivity index (χ3v) is 3.46. The number of hydrogen-bond donors (Lipinski definition) is 2. The standard InChI is InChI=1S/C11H21N3O/c1-11(8-12-2)6-3-7-14(11)10(15)13-9-4-5-9/h9,12H,3-8H2,1-2H3,(H,13,15). The van der Waals surface area contributed by atoms with Gasteiger partial charge in [-0.25, -0.2) is 4.79 Å². The highest BCUT2D eigenvalue weighted by Crippen LogP contribution is 2.29. The molecule has 4 nitrogen and oxygen atoms in total. The van der Waals surface area contributed by atoms with E-state index in [1.165, 1.54) is 0 Å². The third kappa shape index (κ3) is 2.25. The molecule has 1 saturated carbocycles. The molecule has 1 heterocycles. The number of rotatable bonds is 3. The first kappa shape index (κ1) is 10.7. The molecule has 2 aliphatic rings. The number of carbonyl (C=O) groups is 1. The molecule has 2 N–H and O–H groups in total. The van der Waals surface area contributed by atoms with Crippen LogP contribution in [-0.2, 0) is 0 Å². The number of nitrogens with one attached hydrogen (secondary N) is 2. The quantitative estimate of drug-likeness (QED) is 0.729. The van der Waals surface area contributed by atoms with Crippen LogP contribution in [0, 0.1) is 0 Å². The van der Waals surface area contributed by atoms with Crippen LogP contribution in [0.5, 0.6) is 0 Å². The van der Waals surface area contributed by atoms with Crippen molar-refractivity contribution >= 4 is 6.03 Å². The Balaban J connectivity index is 1.96. The molecular weight excluding hydrogens is 190 g/mol. The molecule has 1 atom stereocenters. The fourth-order valence-electron chi connectivity index (χ4n) is 2.41. The van der Waals surface area contributed by atoms with Gasteiger partial charge < -0.3 is 15.5 Å². The van der Waals surface area contributed by atoms with Crippen LogP contribution in [0.3, 0.4) is 0 Å². The highest BCUT2D eigenvalue weighted by molar-refractivity contribution is 5.76. The van der Waals surface area contributed by atoms with Crippen LogP contribution in [0.15, 0.2) is 0 Å². The van der Waals surface area contributed by atoms with Gasteiger partial charge in [-0.1, -0.05) is 0 Å². The van der Waals surface area contributed by atoms with E-state index in [0.29, 0.717) is 6.04 Å². The SMILES string of the molecule is CNCC1(C)CCCN1C(=O)NC1CC1. The molecule has 2 fully saturated rings. The van der Waals surface area contributed by atoms with Crippen molar-refractivity contribution in [1.82, 2.24) is 15.5 Å². The molecule has 2 rings (SSSR count). The van der Waals surface area contributed by atoms with E-state index in [1.807, 2.05) is 11.9 Å². The zero-order chi connectivity index (χ0) is 10.9. The Hall–Kier alpha value is -0.770. The summed E-state index contributed by atoms with van der Waals surface area (Å²) in [6.07, 6.45) is 4.53. The number of likely N-dealkylation sites (tertiary alicyclic amines) is 1. The Morgan fingerprint density at radius 3 is 2.87 bits per heavy atom. The maximum Gasteiger partial charge on any atom is 0.318 e. The van der Waals surface area contributed by atoms with Gasteiger partial charge in [-0.05, 0) is 39.7 Å². The minimum Gasteiger partial charge on any atom is -0.335 e. The monoisotopic (exact) mass is 211 g/mol. The summed E-state index contributed by atoms with van der Waals surface area (Å²) in [5, 5.41) is 6.25. The van der Waals surface area contributed by atoms with Crippen molar-refractivity contribution in [2.45, 2.75) is 44.2 Å². The van der Waals surface area contributed by atoms with Crippen LogP contribution in [0.25, 0.3) is 0 Å². The maximum atomic E-state index is 12.0. The van der Waals surface area contributed by atoms with Crippen LogP contribution >= 0.6 is 0 Å². The Labute approximate surface area is 91.4 Å². The van der Waals surface area contributed by atoms with Crippen molar-refractivity contribution in [1.29, 1.82) is 0 Å². The summed E-state index contributed by atoms with van der Waals surface area (Å²) in [4.78, 5) is 14.0. The first-order valence-electron chi connectivity index (χ1n) is 5.88. The Morgan fingerprint density at radius 1 is 1.53 bits per heavy atom. The third-order valence-electron chi connectivity index (χ3n) is 3.46. The summed E-state index contributed by atoms with van der Waals surface area (Å²) >= 11 is 0. The maximum absolute atomic E-state index is 12.0. The summed E-state index contributed by atoms with van der Waals surface area (Å²) < 4.78 is 0. The number of likely N-dealkylation sites (N-methyl/N-ethyl adjacent to an activating group) is 1. The number of urea groups is 1. The van der Waals surface area contributed by atoms with Crippen LogP contribution in [0.4, 0.5) is 4.79 Å². The van der Waals surface area contributed by atoms with E-state index in [4.69, 9.17) is 0 Å². The number of amides is 2. The molecule has 0 spiro atoms. The second kappa shape index (κ2) is 4.00. The van der Waals surface area contributed by atoms with Gasteiger partial charge in [0.25, 0.3) is 0 Å². The average Bonchev–Trinajstić information content (AvgIpc) is 2.89. The van der Waals surface area contributed by atoms with Gasteiger partial charge in [-0.3, -0.25) is 0 Å². The minimum absolute atomic E-state index is 0.00766. The van der Waals surface area contributed by atoms with Crippen LogP contribution < -0.4 is 10.6 Å². The molecule has 0 aromatic carbocycles. The molecule has 0 aromatic heterocycles. The Kier molecular flexibility index (Phi) is 2.87. The summed E-state index contributed by atoms with van der Waals surface area (Å²) in [5.41, 5.74) is 0.00766. The van der Waals surface area contributed by atoms with Gasteiger partial charge >= 0.3 is 6.03 Å². The lowest BCUT2D eigenvalue weighted by molar-refractivity contribution is 0.155. The molecule has 0 bridgehead atoms. The van der Waals surface area contributed by atoms with E-state index in [9.17, 15) is 4.79 Å². The van der Waals surface area contributed by atoms with Gasteiger partial charge in [0.15, 0.2) is 0 Å². The molecular formula is C11H21N3O. The fraction of sp³-hybridized carbons (Fsp3) is 0.909. The largest absolute Gasteiger partial charge is 0.335 e. The number of carbonyl (C=O) groups excluding carboxylic acids is 1. The second-order valence-electron chi connectivity index (χ2n) is 5.01. The van der Waals surface area contributed by atoms with Gasteiger partial charge in [-0.15, -0.1) is 0 Å². The molecule has 0 aromatic rings. The van der Waals surface area contributed by atoms with E-state index in [1.54, 1.807) is 0 Å². The highest BCUT2D eigenvalue weighted by Gasteiger charge is 2.40. The lowest BCUT2D eigenvalue weighted by Gasteiger charge is -2.35. The lowest BCUT2D eigenvalue weighted by atomic mass is 9.99. The van der Waals surface area contributed by atoms with Crippen molar-refractivity contribution in [2.24, 2.45) is 0 Å². The first-order valence-corrected chi connectivity index (χ1v) is 5.88. The van der Waals surface area contributed by atoms with Gasteiger partial charge in [0.2, 0.25) is 0 Å². The highest BCUT2D eigenvalue weighted by atomic mass is 16.2. The average molecular weight is 211 g/mol. The predicted octanol–water partition coefficient (Wildman–Crippen LogP) is 0.932. The van der Waals surface area contributed by atoms with Crippen molar-refractivity contribution in [2.75, 3.05) is 20.1 Å². The van der Waals surface area contributed by atoms with Crippen molar-refractivity contribution in [3.63, 3.8) is 0 Å². The smallest absolute Gasteiger partial charge is 0.318 e. The summed E-state index contributed by atoms with van der Waals surface area (Å²) in [7, 11) is 1.94. The normalized spacial score (nSPS) is 30.7. The number of nitrogens with zero attached hydrogens (tertiary/aromatic N) is 1. The van der Waals surface area contributed by atoms with E-state index in [-0.39, 0.29) is 11.6 Å². The summed E-state index contributed by atoms with van der Waals surface area (Å²) in [6, 6.07) is 0.588. The minimum atomic E-state index is 0.00766. The molecule has 2 amide bonds. The van der Waals surface area contributed by atoms with E-state index >= 15 is 0 Å². The van der Waals surface area contributed by atoms with Crippen LogP contribution in [-0.4, -0.2) is 42.6 Å². The molecule has 1 aliphatic carbocycles. The summed E-state index contributed by atoms with van der Waals surface area (Å²) in [6.45, 7) is 3.95. The zero-order valence-electron chi connectivity index (χ0n) is 9.68. The lowest BCUT2D eigenvalue weighted by Crippen LogP contribution is -2.54. The van der Waals surface area contributed by atoms with Gasteiger partial charge in [-0.2, -0.15) is 0 Å². The first-order chi connectivity index (χ1) is 7.15. The number of hydrogen-bond acceptors (Lipinski definition) is 2. The van der Waals surface area contributed by atoms with Gasteiger partial charge in [0, 0.05) is 19.1 Å². The van der Waals surface area contributed by atoms with Crippen LogP contribution in [0.2, 0.25) is 0 Å². The zero-order valence-corrected chi connectivity index (χ0v) is 9.68. The molecule has 1 aliphatic heterocycles. The van der Waals surface area contributed by atoms with E-state index < -0.39 is 0 Å². The molecule has 4 heteroatoms. The Morgan fingerprint density at radius 2 is 2.27 bits per heavy atom. The summed E-state index contributed by atoms with van der Waals surface area (Å²) in [5.74, 6) is 0. The van der Waals surface area contributed by atoms with E-state index in [2.05, 4.69) is 17.6 Å². The van der Waals surface area contributed by atoms with Crippen molar-refractivity contribution in [3.8, 4) is 0 Å². The molecule has 86 valence electrons. The van der Waals surface area contributed by atoms with E-state index in [0.717, 1.165) is 38.8 Å². The fourth-order valence-corrected chi connectivity index (χ4v) is 2.41. The van der Waals surface area contributed by atoms with Crippen molar-refractivity contribution < 1.29 is 4.79 Å². The van der Waals surface area contributed by atoms with Gasteiger partial charge in [0.05, 0.1) is 5.54 Å². The second-order valence-corrected chi connectivity index (χ2v) is 5.01. The molecule has 1 unspecified atom stereocenters. The molecule has 15 heavy (non-hydrogen) atoms. The van der Waals surface area contributed by atoms with Crippen molar-refractivity contribution in [3.05, 3.63) is 0 Å². The topological polar surface area (TPSA) is 44.4 Å². The molecule has 0 radical (unpaired) electrons. The molecule has 1 saturated heterocycles. The predicted molar refractivity (Wildman–Crippen MR) is 59.8 cm³/mol. The van der Waals surface area contributed by atoms with Gasteiger partial charge in [0.1, 0.15) is 0 Å². The Bertz CT molecular complexity index is 252.